The van der Waals surface area contributed by atoms with E-state index in [0.717, 1.165) is 24.4 Å². The minimum Gasteiger partial charge on any atom is -0.348 e. The summed E-state index contributed by atoms with van der Waals surface area (Å²) in [6.07, 6.45) is 7.87. The molecule has 2 aromatic rings. The summed E-state index contributed by atoms with van der Waals surface area (Å²) < 4.78 is 29.2. The molecule has 1 aliphatic heterocycles. The predicted molar refractivity (Wildman–Crippen MR) is 75.6 cm³/mol. The van der Waals surface area contributed by atoms with Gasteiger partial charge in [0.15, 0.2) is 0 Å². The second-order valence-electron chi connectivity index (χ2n) is 5.14. The normalized spacial score (nSPS) is 16.9. The van der Waals surface area contributed by atoms with Crippen molar-refractivity contribution < 1.29 is 8.42 Å². The monoisotopic (exact) mass is 294 g/mol. The molecule has 0 aliphatic carbocycles. The zero-order valence-electron chi connectivity index (χ0n) is 11.4. The lowest BCUT2D eigenvalue weighted by Gasteiger charge is -2.17. The molecule has 20 heavy (non-hydrogen) atoms. The van der Waals surface area contributed by atoms with Crippen LogP contribution in [0.4, 0.5) is 0 Å². The molecule has 2 aromatic heterocycles. The highest BCUT2D eigenvalue weighted by molar-refractivity contribution is 7.88. The second kappa shape index (κ2) is 5.06. The summed E-state index contributed by atoms with van der Waals surface area (Å²) >= 11 is 0. The van der Waals surface area contributed by atoms with Gasteiger partial charge < -0.3 is 9.13 Å². The topological polar surface area (TPSA) is 60.1 Å². The molecule has 0 bridgehead atoms. The van der Waals surface area contributed by atoms with Crippen molar-refractivity contribution in [2.45, 2.75) is 26.1 Å². The molecule has 0 saturated carbocycles. The summed E-state index contributed by atoms with van der Waals surface area (Å²) in [6, 6.07) is 3.94. The van der Waals surface area contributed by atoms with Gasteiger partial charge in [-0.05, 0) is 18.6 Å². The highest BCUT2D eigenvalue weighted by Gasteiger charge is 2.24. The number of fused-ring (bicyclic) bond motifs is 1. The van der Waals surface area contributed by atoms with Gasteiger partial charge in [-0.25, -0.2) is 13.4 Å². The van der Waals surface area contributed by atoms with E-state index in [4.69, 9.17) is 0 Å². The SMILES string of the molecule is CS(=O)(=O)N1CCCn2cnc(Cn3cccc3)c2C1. The van der Waals surface area contributed by atoms with Gasteiger partial charge in [-0.2, -0.15) is 4.31 Å². The summed E-state index contributed by atoms with van der Waals surface area (Å²) in [5, 5.41) is 0. The van der Waals surface area contributed by atoms with Crippen molar-refractivity contribution >= 4 is 10.0 Å². The standard InChI is InChI=1S/C13H18N4O2S/c1-20(18,19)17-8-4-7-16-11-14-12(13(16)10-17)9-15-5-2-3-6-15/h2-3,5-6,11H,4,7-10H2,1H3. The van der Waals surface area contributed by atoms with E-state index in [2.05, 4.69) is 9.55 Å². The molecule has 0 radical (unpaired) electrons. The molecule has 0 amide bonds. The summed E-state index contributed by atoms with van der Waals surface area (Å²) in [5.74, 6) is 0. The lowest BCUT2D eigenvalue weighted by molar-refractivity contribution is 0.412. The van der Waals surface area contributed by atoms with Crippen LogP contribution in [0.2, 0.25) is 0 Å². The first-order chi connectivity index (χ1) is 9.54. The maximum absolute atomic E-state index is 11.8. The van der Waals surface area contributed by atoms with Crippen molar-refractivity contribution in [3.8, 4) is 0 Å². The third-order valence-corrected chi connectivity index (χ3v) is 4.88. The molecule has 0 atom stereocenters. The Bertz CT molecular complexity index is 688. The van der Waals surface area contributed by atoms with Crippen molar-refractivity contribution in [2.75, 3.05) is 12.8 Å². The van der Waals surface area contributed by atoms with E-state index in [9.17, 15) is 8.42 Å². The Labute approximate surface area is 118 Å². The Balaban J connectivity index is 1.91. The number of aromatic nitrogens is 3. The van der Waals surface area contributed by atoms with Crippen molar-refractivity contribution in [1.29, 1.82) is 0 Å². The molecular formula is C13H18N4O2S. The smallest absolute Gasteiger partial charge is 0.211 e. The Morgan fingerprint density at radius 3 is 2.70 bits per heavy atom. The molecule has 0 spiro atoms. The van der Waals surface area contributed by atoms with Gasteiger partial charge in [0.25, 0.3) is 0 Å². The molecule has 3 rings (SSSR count). The van der Waals surface area contributed by atoms with Gasteiger partial charge in [0.2, 0.25) is 10.0 Å². The third-order valence-electron chi connectivity index (χ3n) is 3.63. The summed E-state index contributed by atoms with van der Waals surface area (Å²) in [7, 11) is -3.16. The Hall–Kier alpha value is -1.60. The average molecular weight is 294 g/mol. The highest BCUT2D eigenvalue weighted by Crippen LogP contribution is 2.19. The van der Waals surface area contributed by atoms with Crippen LogP contribution in [0.1, 0.15) is 17.8 Å². The molecule has 0 saturated heterocycles. The van der Waals surface area contributed by atoms with Crippen LogP contribution in [0.5, 0.6) is 0 Å². The summed E-state index contributed by atoms with van der Waals surface area (Å²) in [6.45, 7) is 2.48. The van der Waals surface area contributed by atoms with E-state index in [1.165, 1.54) is 10.6 Å². The first-order valence-electron chi connectivity index (χ1n) is 6.63. The molecule has 0 unspecified atom stereocenters. The number of rotatable bonds is 3. The van der Waals surface area contributed by atoms with Crippen molar-refractivity contribution in [1.82, 2.24) is 18.4 Å². The number of hydrogen-bond donors (Lipinski definition) is 0. The minimum atomic E-state index is -3.16. The largest absolute Gasteiger partial charge is 0.348 e. The molecule has 0 aromatic carbocycles. The number of imidazole rings is 1. The quantitative estimate of drug-likeness (QED) is 0.845. The van der Waals surface area contributed by atoms with E-state index in [-0.39, 0.29) is 0 Å². The number of nitrogens with zero attached hydrogens (tertiary/aromatic N) is 4. The van der Waals surface area contributed by atoms with Crippen LogP contribution in [0.3, 0.4) is 0 Å². The molecule has 6 nitrogen and oxygen atoms in total. The summed E-state index contributed by atoms with van der Waals surface area (Å²) in [4.78, 5) is 4.45. The van der Waals surface area contributed by atoms with Crippen LogP contribution in [-0.4, -0.2) is 39.6 Å². The molecule has 0 N–H and O–H groups in total. The summed E-state index contributed by atoms with van der Waals surface area (Å²) in [5.41, 5.74) is 1.94. The number of aryl methyl sites for hydroxylation is 1. The second-order valence-corrected chi connectivity index (χ2v) is 7.12. The maximum atomic E-state index is 11.8. The van der Waals surface area contributed by atoms with Crippen molar-refractivity contribution in [3.63, 3.8) is 0 Å². The van der Waals surface area contributed by atoms with Gasteiger partial charge in [-0.15, -0.1) is 0 Å². The number of sulfonamides is 1. The molecular weight excluding hydrogens is 276 g/mol. The van der Waals surface area contributed by atoms with Crippen LogP contribution >= 0.6 is 0 Å². The van der Waals surface area contributed by atoms with Crippen molar-refractivity contribution in [3.05, 3.63) is 42.2 Å². The van der Waals surface area contributed by atoms with E-state index in [1.54, 1.807) is 0 Å². The zero-order chi connectivity index (χ0) is 14.2. The Kier molecular flexibility index (Phi) is 3.39. The first kappa shape index (κ1) is 13.4. The van der Waals surface area contributed by atoms with Gasteiger partial charge in [0.05, 0.1) is 37.1 Å². The predicted octanol–water partition coefficient (Wildman–Crippen LogP) is 0.898. The van der Waals surface area contributed by atoms with Gasteiger partial charge in [0, 0.05) is 25.5 Å². The lowest BCUT2D eigenvalue weighted by Crippen LogP contribution is -2.30. The highest BCUT2D eigenvalue weighted by atomic mass is 32.2. The van der Waals surface area contributed by atoms with Crippen LogP contribution in [-0.2, 0) is 29.7 Å². The first-order valence-corrected chi connectivity index (χ1v) is 8.47. The lowest BCUT2D eigenvalue weighted by atomic mass is 10.3. The molecule has 3 heterocycles. The fourth-order valence-corrected chi connectivity index (χ4v) is 3.37. The van der Waals surface area contributed by atoms with Gasteiger partial charge in [-0.3, -0.25) is 0 Å². The van der Waals surface area contributed by atoms with Crippen LogP contribution in [0.25, 0.3) is 0 Å². The van der Waals surface area contributed by atoms with E-state index in [0.29, 0.717) is 19.6 Å². The van der Waals surface area contributed by atoms with E-state index < -0.39 is 10.0 Å². The van der Waals surface area contributed by atoms with Crippen LogP contribution < -0.4 is 0 Å². The van der Waals surface area contributed by atoms with E-state index in [1.807, 2.05) is 35.4 Å². The van der Waals surface area contributed by atoms with Crippen LogP contribution in [0, 0.1) is 0 Å². The number of hydrogen-bond acceptors (Lipinski definition) is 3. The fraction of sp³-hybridized carbons (Fsp3) is 0.462. The van der Waals surface area contributed by atoms with Gasteiger partial charge >= 0.3 is 0 Å². The molecule has 7 heteroatoms. The average Bonchev–Trinajstić information content (AvgIpc) is 2.94. The Morgan fingerprint density at radius 1 is 1.25 bits per heavy atom. The molecule has 0 fully saturated rings. The Morgan fingerprint density at radius 2 is 2.00 bits per heavy atom. The van der Waals surface area contributed by atoms with Gasteiger partial charge in [0.1, 0.15) is 0 Å². The van der Waals surface area contributed by atoms with E-state index >= 15 is 0 Å². The van der Waals surface area contributed by atoms with Gasteiger partial charge in [-0.1, -0.05) is 0 Å². The van der Waals surface area contributed by atoms with Crippen LogP contribution in [0.15, 0.2) is 30.9 Å². The minimum absolute atomic E-state index is 0.412. The fourth-order valence-electron chi connectivity index (χ4n) is 2.55. The van der Waals surface area contributed by atoms with Crippen molar-refractivity contribution in [2.24, 2.45) is 0 Å². The maximum Gasteiger partial charge on any atom is 0.211 e. The molecule has 1 aliphatic rings. The zero-order valence-corrected chi connectivity index (χ0v) is 12.3. The third kappa shape index (κ3) is 2.64. The molecule has 108 valence electrons.